The largest absolute Gasteiger partial charge is 0.382 e. The Morgan fingerprint density at radius 2 is 2.25 bits per heavy atom. The number of nitrogens with one attached hydrogen (secondary N) is 1. The van der Waals surface area contributed by atoms with Gasteiger partial charge in [0.15, 0.2) is 5.82 Å². The molecule has 1 aromatic heterocycles. The predicted octanol–water partition coefficient (Wildman–Crippen LogP) is 2.02. The highest BCUT2D eigenvalue weighted by molar-refractivity contribution is 5.62. The predicted molar refractivity (Wildman–Crippen MR) is 80.2 cm³/mol. The molecule has 3 N–H and O–H groups in total. The zero-order valence-corrected chi connectivity index (χ0v) is 11.8. The highest BCUT2D eigenvalue weighted by Crippen LogP contribution is 2.32. The molecule has 1 aromatic carbocycles. The molecule has 1 fully saturated rings. The number of hydrogen-bond donors (Lipinski definition) is 2. The summed E-state index contributed by atoms with van der Waals surface area (Å²) < 4.78 is 1.72. The van der Waals surface area contributed by atoms with Gasteiger partial charge in [0, 0.05) is 24.3 Å². The van der Waals surface area contributed by atoms with Gasteiger partial charge < -0.3 is 11.1 Å². The van der Waals surface area contributed by atoms with Crippen LogP contribution < -0.4 is 11.1 Å². The Balaban J connectivity index is 1.64. The first-order chi connectivity index (χ1) is 9.74. The number of nitrogens with two attached hydrogens (primary N) is 1. The Morgan fingerprint density at radius 1 is 1.40 bits per heavy atom. The Kier molecular flexibility index (Phi) is 3.69. The monoisotopic (exact) mass is 271 g/mol. The van der Waals surface area contributed by atoms with E-state index in [-0.39, 0.29) is 0 Å². The third-order valence-electron chi connectivity index (χ3n) is 3.90. The molecule has 20 heavy (non-hydrogen) atoms. The first-order valence-electron chi connectivity index (χ1n) is 7.17. The molecular formula is C15H21N5. The van der Waals surface area contributed by atoms with Crippen LogP contribution >= 0.6 is 0 Å². The molecule has 2 aromatic rings. The van der Waals surface area contributed by atoms with E-state index in [1.807, 2.05) is 19.2 Å². The van der Waals surface area contributed by atoms with Gasteiger partial charge in [0.25, 0.3) is 0 Å². The average molecular weight is 271 g/mol. The maximum absolute atomic E-state index is 5.59. The standard InChI is InChI=1S/C15H21N5/c1-20-10-17-15(19-20)12-3-2-4-13(9-12)18-14-7-11(8-14)5-6-16/h2-4,9-11,14,18H,5-8,16H2,1H3. The van der Waals surface area contributed by atoms with Crippen LogP contribution in [0.15, 0.2) is 30.6 Å². The quantitative estimate of drug-likeness (QED) is 0.873. The second-order valence-corrected chi connectivity index (χ2v) is 5.58. The average Bonchev–Trinajstić information content (AvgIpc) is 2.84. The Bertz CT molecular complexity index is 571. The van der Waals surface area contributed by atoms with Crippen molar-refractivity contribution in [3.63, 3.8) is 0 Å². The van der Waals surface area contributed by atoms with Crippen LogP contribution in [0.25, 0.3) is 11.4 Å². The summed E-state index contributed by atoms with van der Waals surface area (Å²) in [6.07, 6.45) is 5.32. The van der Waals surface area contributed by atoms with Gasteiger partial charge in [-0.25, -0.2) is 4.98 Å². The summed E-state index contributed by atoms with van der Waals surface area (Å²) >= 11 is 0. The van der Waals surface area contributed by atoms with Crippen molar-refractivity contribution >= 4 is 5.69 Å². The van der Waals surface area contributed by atoms with Crippen LogP contribution in [0.5, 0.6) is 0 Å². The zero-order valence-electron chi connectivity index (χ0n) is 11.8. The molecule has 1 saturated carbocycles. The van der Waals surface area contributed by atoms with Gasteiger partial charge in [-0.05, 0) is 43.9 Å². The molecule has 0 aliphatic heterocycles. The molecule has 0 bridgehead atoms. The van der Waals surface area contributed by atoms with Gasteiger partial charge in [-0.3, -0.25) is 4.68 Å². The van der Waals surface area contributed by atoms with E-state index in [0.717, 1.165) is 36.0 Å². The summed E-state index contributed by atoms with van der Waals surface area (Å²) in [6, 6.07) is 8.88. The SMILES string of the molecule is Cn1cnc(-c2cccc(NC3CC(CCN)C3)c2)n1. The van der Waals surface area contributed by atoms with E-state index in [2.05, 4.69) is 27.5 Å². The number of nitrogens with zero attached hydrogens (tertiary/aromatic N) is 3. The minimum absolute atomic E-state index is 0.582. The lowest BCUT2D eigenvalue weighted by Crippen LogP contribution is -2.36. The molecule has 1 aliphatic rings. The minimum atomic E-state index is 0.582. The summed E-state index contributed by atoms with van der Waals surface area (Å²) in [5, 5.41) is 7.92. The van der Waals surface area contributed by atoms with Crippen molar-refractivity contribution in [3.05, 3.63) is 30.6 Å². The molecule has 0 atom stereocenters. The summed E-state index contributed by atoms with van der Waals surface area (Å²) in [6.45, 7) is 0.804. The molecular weight excluding hydrogens is 250 g/mol. The van der Waals surface area contributed by atoms with Crippen molar-refractivity contribution in [2.24, 2.45) is 18.7 Å². The summed E-state index contributed by atoms with van der Waals surface area (Å²) in [5.41, 5.74) is 7.78. The van der Waals surface area contributed by atoms with Gasteiger partial charge >= 0.3 is 0 Å². The lowest BCUT2D eigenvalue weighted by molar-refractivity contribution is 0.269. The van der Waals surface area contributed by atoms with Crippen molar-refractivity contribution in [3.8, 4) is 11.4 Å². The fourth-order valence-electron chi connectivity index (χ4n) is 2.78. The fraction of sp³-hybridized carbons (Fsp3) is 0.467. The number of benzene rings is 1. The van der Waals surface area contributed by atoms with Gasteiger partial charge in [-0.1, -0.05) is 12.1 Å². The van der Waals surface area contributed by atoms with E-state index in [4.69, 9.17) is 5.73 Å². The Labute approximate surface area is 119 Å². The number of hydrogen-bond acceptors (Lipinski definition) is 4. The van der Waals surface area contributed by atoms with E-state index < -0.39 is 0 Å². The van der Waals surface area contributed by atoms with Crippen LogP contribution in [0.4, 0.5) is 5.69 Å². The second-order valence-electron chi connectivity index (χ2n) is 5.58. The van der Waals surface area contributed by atoms with Crippen LogP contribution in [0.2, 0.25) is 0 Å². The molecule has 0 radical (unpaired) electrons. The molecule has 5 nitrogen and oxygen atoms in total. The maximum Gasteiger partial charge on any atom is 0.181 e. The van der Waals surface area contributed by atoms with Crippen molar-refractivity contribution in [1.82, 2.24) is 14.8 Å². The molecule has 3 rings (SSSR count). The number of anilines is 1. The molecule has 0 saturated heterocycles. The summed E-state index contributed by atoms with van der Waals surface area (Å²) in [7, 11) is 1.88. The van der Waals surface area contributed by atoms with Crippen LogP contribution in [0, 0.1) is 5.92 Å². The van der Waals surface area contributed by atoms with Crippen LogP contribution in [0.3, 0.4) is 0 Å². The third kappa shape index (κ3) is 2.82. The van der Waals surface area contributed by atoms with Crippen molar-refractivity contribution in [1.29, 1.82) is 0 Å². The lowest BCUT2D eigenvalue weighted by Gasteiger charge is -2.36. The third-order valence-corrected chi connectivity index (χ3v) is 3.90. The van der Waals surface area contributed by atoms with Crippen molar-refractivity contribution in [2.75, 3.05) is 11.9 Å². The molecule has 5 heteroatoms. The van der Waals surface area contributed by atoms with E-state index in [1.165, 1.54) is 12.8 Å². The second kappa shape index (κ2) is 5.63. The van der Waals surface area contributed by atoms with Gasteiger partial charge in [0.1, 0.15) is 6.33 Å². The van der Waals surface area contributed by atoms with Crippen molar-refractivity contribution < 1.29 is 0 Å². The zero-order chi connectivity index (χ0) is 13.9. The van der Waals surface area contributed by atoms with E-state index in [0.29, 0.717) is 6.04 Å². The molecule has 1 aliphatic carbocycles. The summed E-state index contributed by atoms with van der Waals surface area (Å²) in [5.74, 6) is 1.57. The number of rotatable bonds is 5. The normalized spacial score (nSPS) is 21.5. The lowest BCUT2D eigenvalue weighted by atomic mass is 9.78. The summed E-state index contributed by atoms with van der Waals surface area (Å²) in [4.78, 5) is 4.29. The fourth-order valence-corrected chi connectivity index (χ4v) is 2.78. The van der Waals surface area contributed by atoms with E-state index in [9.17, 15) is 0 Å². The van der Waals surface area contributed by atoms with Crippen LogP contribution in [0.1, 0.15) is 19.3 Å². The topological polar surface area (TPSA) is 68.8 Å². The molecule has 106 valence electrons. The highest BCUT2D eigenvalue weighted by atomic mass is 15.3. The Hall–Kier alpha value is -1.88. The van der Waals surface area contributed by atoms with E-state index >= 15 is 0 Å². The van der Waals surface area contributed by atoms with Crippen molar-refractivity contribution in [2.45, 2.75) is 25.3 Å². The minimum Gasteiger partial charge on any atom is -0.382 e. The molecule has 0 unspecified atom stereocenters. The maximum atomic E-state index is 5.59. The van der Waals surface area contributed by atoms with Gasteiger partial charge in [0.05, 0.1) is 0 Å². The molecule has 1 heterocycles. The smallest absolute Gasteiger partial charge is 0.181 e. The highest BCUT2D eigenvalue weighted by Gasteiger charge is 2.28. The van der Waals surface area contributed by atoms with Crippen LogP contribution in [-0.2, 0) is 7.05 Å². The van der Waals surface area contributed by atoms with Gasteiger partial charge in [-0.2, -0.15) is 5.10 Å². The number of aryl methyl sites for hydroxylation is 1. The Morgan fingerprint density at radius 3 is 2.95 bits per heavy atom. The number of aromatic nitrogens is 3. The molecule has 0 spiro atoms. The van der Waals surface area contributed by atoms with E-state index in [1.54, 1.807) is 11.0 Å². The van der Waals surface area contributed by atoms with Crippen LogP contribution in [-0.4, -0.2) is 27.4 Å². The van der Waals surface area contributed by atoms with Gasteiger partial charge in [-0.15, -0.1) is 0 Å². The first kappa shape index (κ1) is 13.1. The van der Waals surface area contributed by atoms with Gasteiger partial charge in [0.2, 0.25) is 0 Å². The first-order valence-corrected chi connectivity index (χ1v) is 7.17. The molecule has 0 amide bonds.